The molecule has 0 atom stereocenters. The highest BCUT2D eigenvalue weighted by Gasteiger charge is 2.12. The monoisotopic (exact) mass is 378 g/mol. The van der Waals surface area contributed by atoms with Crippen molar-refractivity contribution in [3.63, 3.8) is 0 Å². The summed E-state index contributed by atoms with van der Waals surface area (Å²) in [5.74, 6) is 2.13. The van der Waals surface area contributed by atoms with Crippen LogP contribution in [0.4, 0.5) is 0 Å². The predicted molar refractivity (Wildman–Crippen MR) is 106 cm³/mol. The Labute approximate surface area is 155 Å². The van der Waals surface area contributed by atoms with E-state index in [9.17, 15) is 8.42 Å². The third-order valence-electron chi connectivity index (χ3n) is 3.72. The average molecular weight is 379 g/mol. The van der Waals surface area contributed by atoms with Gasteiger partial charge in [0, 0.05) is 4.90 Å². The number of benzene rings is 2. The molecule has 2 aromatic carbocycles. The molecular weight excluding hydrogens is 352 g/mol. The van der Waals surface area contributed by atoms with Crippen molar-refractivity contribution in [3.05, 3.63) is 59.7 Å². The van der Waals surface area contributed by atoms with E-state index in [-0.39, 0.29) is 11.5 Å². The van der Waals surface area contributed by atoms with Crippen LogP contribution < -0.4 is 4.74 Å². The van der Waals surface area contributed by atoms with Crippen LogP contribution in [-0.4, -0.2) is 26.5 Å². The quantitative estimate of drug-likeness (QED) is 0.436. The second-order valence-corrected chi connectivity index (χ2v) is 9.38. The Kier molecular flexibility index (Phi) is 7.85. The fraction of sp³-hybridized carbons (Fsp3) is 0.400. The van der Waals surface area contributed by atoms with Crippen LogP contribution >= 0.6 is 11.8 Å². The summed E-state index contributed by atoms with van der Waals surface area (Å²) >= 11 is 1.83. The second kappa shape index (κ2) is 9.88. The smallest absolute Gasteiger partial charge is 0.154 e. The van der Waals surface area contributed by atoms with E-state index in [1.807, 2.05) is 54.2 Å². The van der Waals surface area contributed by atoms with Crippen LogP contribution in [0.3, 0.4) is 0 Å². The van der Waals surface area contributed by atoms with Crippen LogP contribution in [0.2, 0.25) is 0 Å². The first-order chi connectivity index (χ1) is 12.0. The van der Waals surface area contributed by atoms with Gasteiger partial charge in [0.2, 0.25) is 0 Å². The Hall–Kier alpha value is -1.46. The van der Waals surface area contributed by atoms with Crippen molar-refractivity contribution in [2.45, 2.75) is 37.3 Å². The Bertz CT molecular complexity index is 756. The molecule has 0 aliphatic rings. The average Bonchev–Trinajstić information content (AvgIpc) is 2.59. The van der Waals surface area contributed by atoms with Crippen LogP contribution in [-0.2, 0) is 15.6 Å². The van der Waals surface area contributed by atoms with Crippen LogP contribution in [0.25, 0.3) is 0 Å². The minimum atomic E-state index is -3.10. The van der Waals surface area contributed by atoms with Crippen molar-refractivity contribution in [2.75, 3.05) is 18.1 Å². The third-order valence-corrected chi connectivity index (χ3v) is 6.77. The standard InChI is InChI=1S/C20H26O3S2/c1-3-13-24-20-15-19(11-10-17(20)2)23-12-7-14-25(21,22)16-18-8-5-4-6-9-18/h4-6,8-11,15H,3,7,12-14,16H2,1-2H3. The molecule has 0 aromatic heterocycles. The summed E-state index contributed by atoms with van der Waals surface area (Å²) in [5.41, 5.74) is 2.08. The Balaban J connectivity index is 1.80. The van der Waals surface area contributed by atoms with Gasteiger partial charge in [-0.1, -0.05) is 43.3 Å². The number of hydrogen-bond donors (Lipinski definition) is 0. The van der Waals surface area contributed by atoms with Gasteiger partial charge in [0.1, 0.15) is 5.75 Å². The SMILES string of the molecule is CCCSc1cc(OCCCS(=O)(=O)Cc2ccccc2)ccc1C. The molecule has 2 aromatic rings. The first kappa shape index (κ1) is 19.9. The molecule has 0 saturated heterocycles. The zero-order valence-electron chi connectivity index (χ0n) is 14.9. The summed E-state index contributed by atoms with van der Waals surface area (Å²) in [6.07, 6.45) is 1.63. The molecule has 5 heteroatoms. The summed E-state index contributed by atoms with van der Waals surface area (Å²) < 4.78 is 30.1. The molecule has 2 rings (SSSR count). The molecule has 0 heterocycles. The van der Waals surface area contributed by atoms with Crippen molar-refractivity contribution < 1.29 is 13.2 Å². The lowest BCUT2D eigenvalue weighted by Crippen LogP contribution is -2.12. The van der Waals surface area contributed by atoms with Crippen LogP contribution in [0.5, 0.6) is 5.75 Å². The first-order valence-corrected chi connectivity index (χ1v) is 11.4. The summed E-state index contributed by atoms with van der Waals surface area (Å²) in [7, 11) is -3.10. The van der Waals surface area contributed by atoms with Gasteiger partial charge in [0.15, 0.2) is 9.84 Å². The van der Waals surface area contributed by atoms with E-state index < -0.39 is 9.84 Å². The highest BCUT2D eigenvalue weighted by atomic mass is 32.2. The van der Waals surface area contributed by atoms with E-state index in [0.717, 1.165) is 23.5 Å². The zero-order chi connectivity index (χ0) is 18.1. The Morgan fingerprint density at radius 1 is 1.08 bits per heavy atom. The molecule has 0 spiro atoms. The summed E-state index contributed by atoms with van der Waals surface area (Å²) in [6, 6.07) is 15.3. The summed E-state index contributed by atoms with van der Waals surface area (Å²) in [4.78, 5) is 1.23. The molecule has 0 aliphatic carbocycles. The Morgan fingerprint density at radius 2 is 1.84 bits per heavy atom. The number of hydrogen-bond acceptors (Lipinski definition) is 4. The van der Waals surface area contributed by atoms with Gasteiger partial charge < -0.3 is 4.74 Å². The number of rotatable bonds is 10. The maximum absolute atomic E-state index is 12.2. The van der Waals surface area contributed by atoms with E-state index in [2.05, 4.69) is 19.9 Å². The maximum atomic E-state index is 12.2. The molecule has 0 fully saturated rings. The maximum Gasteiger partial charge on any atom is 0.154 e. The molecule has 0 bridgehead atoms. The molecule has 0 amide bonds. The molecule has 136 valence electrons. The van der Waals surface area contributed by atoms with Gasteiger partial charge in [-0.15, -0.1) is 11.8 Å². The van der Waals surface area contributed by atoms with E-state index in [1.54, 1.807) is 0 Å². The second-order valence-electron chi connectivity index (χ2n) is 6.06. The van der Waals surface area contributed by atoms with E-state index in [4.69, 9.17) is 4.74 Å². The van der Waals surface area contributed by atoms with E-state index in [0.29, 0.717) is 13.0 Å². The van der Waals surface area contributed by atoms with Crippen LogP contribution in [0.15, 0.2) is 53.4 Å². The number of thioether (sulfide) groups is 1. The molecule has 0 N–H and O–H groups in total. The van der Waals surface area contributed by atoms with Crippen LogP contribution in [0.1, 0.15) is 30.9 Å². The Morgan fingerprint density at radius 3 is 2.56 bits per heavy atom. The van der Waals surface area contributed by atoms with Gasteiger partial charge in [0.25, 0.3) is 0 Å². The number of ether oxygens (including phenoxy) is 1. The largest absolute Gasteiger partial charge is 0.494 e. The van der Waals surface area contributed by atoms with Gasteiger partial charge in [0.05, 0.1) is 18.1 Å². The lowest BCUT2D eigenvalue weighted by molar-refractivity contribution is 0.317. The lowest BCUT2D eigenvalue weighted by Gasteiger charge is -2.10. The van der Waals surface area contributed by atoms with Gasteiger partial charge in [-0.25, -0.2) is 8.42 Å². The molecule has 0 radical (unpaired) electrons. The van der Waals surface area contributed by atoms with Crippen molar-refractivity contribution in [3.8, 4) is 5.75 Å². The number of sulfone groups is 1. The topological polar surface area (TPSA) is 43.4 Å². The van der Waals surface area contributed by atoms with Gasteiger partial charge >= 0.3 is 0 Å². The zero-order valence-corrected chi connectivity index (χ0v) is 16.5. The summed E-state index contributed by atoms with van der Waals surface area (Å²) in [6.45, 7) is 4.67. The van der Waals surface area contributed by atoms with Crippen molar-refractivity contribution in [1.29, 1.82) is 0 Å². The fourth-order valence-electron chi connectivity index (χ4n) is 2.41. The molecule has 0 unspecified atom stereocenters. The minimum Gasteiger partial charge on any atom is -0.494 e. The first-order valence-electron chi connectivity index (χ1n) is 8.61. The van der Waals surface area contributed by atoms with Crippen molar-refractivity contribution in [2.24, 2.45) is 0 Å². The molecule has 0 saturated carbocycles. The molecule has 25 heavy (non-hydrogen) atoms. The van der Waals surface area contributed by atoms with Gasteiger partial charge in [-0.3, -0.25) is 0 Å². The van der Waals surface area contributed by atoms with Crippen molar-refractivity contribution in [1.82, 2.24) is 0 Å². The van der Waals surface area contributed by atoms with Crippen LogP contribution in [0, 0.1) is 6.92 Å². The third kappa shape index (κ3) is 7.12. The minimum absolute atomic E-state index is 0.0934. The van der Waals surface area contributed by atoms with Gasteiger partial charge in [-0.05, 0) is 48.8 Å². The van der Waals surface area contributed by atoms with E-state index >= 15 is 0 Å². The molecular formula is C20H26O3S2. The molecule has 3 nitrogen and oxygen atoms in total. The highest BCUT2D eigenvalue weighted by Crippen LogP contribution is 2.27. The van der Waals surface area contributed by atoms with Gasteiger partial charge in [-0.2, -0.15) is 0 Å². The molecule has 0 aliphatic heterocycles. The number of aryl methyl sites for hydroxylation is 1. The fourth-order valence-corrected chi connectivity index (χ4v) is 4.73. The lowest BCUT2D eigenvalue weighted by atomic mass is 10.2. The van der Waals surface area contributed by atoms with Crippen molar-refractivity contribution >= 4 is 21.6 Å². The van der Waals surface area contributed by atoms with E-state index in [1.165, 1.54) is 10.5 Å². The normalized spacial score (nSPS) is 11.4. The predicted octanol–water partition coefficient (Wildman–Crippen LogP) is 4.88. The summed E-state index contributed by atoms with van der Waals surface area (Å²) in [5, 5.41) is 0. The highest BCUT2D eigenvalue weighted by molar-refractivity contribution is 7.99.